The minimum Gasteiger partial charge on any atom is -0.355 e. The summed E-state index contributed by atoms with van der Waals surface area (Å²) in [4.78, 5) is 38.4. The summed E-state index contributed by atoms with van der Waals surface area (Å²) < 4.78 is 2.00. The highest BCUT2D eigenvalue weighted by molar-refractivity contribution is 7.99. The van der Waals surface area contributed by atoms with E-state index in [4.69, 9.17) is 11.6 Å². The van der Waals surface area contributed by atoms with E-state index in [1.54, 1.807) is 11.8 Å². The van der Waals surface area contributed by atoms with Crippen LogP contribution in [0, 0.1) is 6.92 Å². The molecule has 33 heavy (non-hydrogen) atoms. The van der Waals surface area contributed by atoms with Crippen molar-refractivity contribution in [2.45, 2.75) is 30.4 Å². The number of amides is 2. The van der Waals surface area contributed by atoms with Gasteiger partial charge in [-0.1, -0.05) is 41.9 Å². The fourth-order valence-electron chi connectivity index (χ4n) is 4.09. The number of nitrogens with zero attached hydrogens (tertiary/aromatic N) is 1. The van der Waals surface area contributed by atoms with Crippen molar-refractivity contribution >= 4 is 35.2 Å². The van der Waals surface area contributed by atoms with Crippen LogP contribution in [-0.4, -0.2) is 29.5 Å². The number of thioether (sulfide) groups is 1. The van der Waals surface area contributed by atoms with Crippen molar-refractivity contribution in [3.8, 4) is 5.69 Å². The van der Waals surface area contributed by atoms with Gasteiger partial charge < -0.3 is 15.2 Å². The zero-order valence-electron chi connectivity index (χ0n) is 18.4. The normalized spacial score (nSPS) is 14.6. The topological polar surface area (TPSA) is 80.2 Å². The van der Waals surface area contributed by atoms with Crippen molar-refractivity contribution in [1.29, 1.82) is 0 Å². The van der Waals surface area contributed by atoms with E-state index in [-0.39, 0.29) is 35.2 Å². The molecule has 8 heteroatoms. The van der Waals surface area contributed by atoms with Crippen LogP contribution in [0.1, 0.15) is 39.5 Å². The molecule has 1 aliphatic heterocycles. The monoisotopic (exact) mass is 481 g/mol. The first-order chi connectivity index (χ1) is 15.9. The van der Waals surface area contributed by atoms with Crippen LogP contribution in [0.25, 0.3) is 5.69 Å². The average molecular weight is 482 g/mol. The number of para-hydroxylation sites is 1. The molecule has 2 amide bonds. The van der Waals surface area contributed by atoms with Crippen LogP contribution in [0.2, 0.25) is 5.02 Å². The Morgan fingerprint density at radius 2 is 1.79 bits per heavy atom. The second-order valence-corrected chi connectivity index (χ2v) is 9.50. The molecule has 1 aromatic heterocycles. The molecule has 0 radical (unpaired) electrons. The van der Waals surface area contributed by atoms with Crippen molar-refractivity contribution < 1.29 is 9.59 Å². The molecule has 0 unspecified atom stereocenters. The van der Waals surface area contributed by atoms with Crippen LogP contribution in [-0.2, 0) is 11.2 Å². The quantitative estimate of drug-likeness (QED) is 0.539. The molecule has 0 bridgehead atoms. The molecule has 0 saturated heterocycles. The van der Waals surface area contributed by atoms with Gasteiger partial charge in [0, 0.05) is 59.1 Å². The highest BCUT2D eigenvalue weighted by Crippen LogP contribution is 2.45. The van der Waals surface area contributed by atoms with Crippen LogP contribution < -0.4 is 16.1 Å². The molecule has 3 aromatic rings. The Hall–Kier alpha value is -3.03. The number of aryl methyl sites for hydroxylation is 1. The van der Waals surface area contributed by atoms with Gasteiger partial charge in [-0.3, -0.25) is 14.4 Å². The summed E-state index contributed by atoms with van der Waals surface area (Å²) in [6.45, 7) is 3.81. The van der Waals surface area contributed by atoms with Gasteiger partial charge in [-0.25, -0.2) is 0 Å². The Kier molecular flexibility index (Phi) is 6.91. The summed E-state index contributed by atoms with van der Waals surface area (Å²) in [5.74, 6) is -0.624. The predicted octanol–water partition coefficient (Wildman–Crippen LogP) is 4.05. The number of carbonyl (C=O) groups is 2. The lowest BCUT2D eigenvalue weighted by Crippen LogP contribution is -2.37. The third-order valence-corrected chi connectivity index (χ3v) is 7.16. The highest BCUT2D eigenvalue weighted by atomic mass is 35.5. The van der Waals surface area contributed by atoms with Crippen molar-refractivity contribution in [1.82, 2.24) is 15.2 Å². The molecule has 2 N–H and O–H groups in total. The first-order valence-electron chi connectivity index (χ1n) is 10.7. The number of nitrogens with one attached hydrogen (secondary N) is 2. The Labute approximate surface area is 201 Å². The van der Waals surface area contributed by atoms with Gasteiger partial charge in [0.1, 0.15) is 5.56 Å². The zero-order valence-corrected chi connectivity index (χ0v) is 19.9. The average Bonchev–Trinajstić information content (AvgIpc) is 2.94. The standard InChI is InChI=1S/C25H24ClN3O3S/c1-15-13-21(31)24(25(32)28-12-11-27-16(2)30)20-14-23(17-7-3-4-8-18(17)26)33-22-10-6-5-9-19(22)29(15)20/h3-10,13,23H,11-12,14H2,1-2H3,(H,27,30)(H,28,32)/t23-/m1/s1. The Morgan fingerprint density at radius 3 is 2.55 bits per heavy atom. The van der Waals surface area contributed by atoms with Crippen molar-refractivity contribution in [2.75, 3.05) is 13.1 Å². The van der Waals surface area contributed by atoms with E-state index in [1.165, 1.54) is 13.0 Å². The number of halogens is 1. The van der Waals surface area contributed by atoms with Crippen molar-refractivity contribution in [3.05, 3.63) is 92.4 Å². The molecule has 170 valence electrons. The fraction of sp³-hybridized carbons (Fsp3) is 0.240. The third-order valence-electron chi connectivity index (χ3n) is 5.52. The molecule has 0 spiro atoms. The van der Waals surface area contributed by atoms with Gasteiger partial charge in [0.15, 0.2) is 5.43 Å². The molecule has 2 aromatic carbocycles. The summed E-state index contributed by atoms with van der Waals surface area (Å²) in [6.07, 6.45) is 0.453. The van der Waals surface area contributed by atoms with Gasteiger partial charge in [-0.15, -0.1) is 11.8 Å². The second-order valence-electron chi connectivity index (χ2n) is 7.85. The number of hydrogen-bond donors (Lipinski definition) is 2. The SMILES string of the molecule is CC(=O)NCCNC(=O)c1c2n(c(C)cc1=O)-c1ccccc1S[C@@H](c1ccccc1Cl)C2. The van der Waals surface area contributed by atoms with Crippen LogP contribution >= 0.6 is 23.4 Å². The van der Waals surface area contributed by atoms with Crippen molar-refractivity contribution in [2.24, 2.45) is 0 Å². The summed E-state index contributed by atoms with van der Waals surface area (Å²) in [5, 5.41) is 5.98. The summed E-state index contributed by atoms with van der Waals surface area (Å²) in [6, 6.07) is 17.1. The maximum absolute atomic E-state index is 13.2. The maximum Gasteiger partial charge on any atom is 0.257 e. The minimum absolute atomic E-state index is 0.0827. The molecular formula is C25H24ClN3O3S. The van der Waals surface area contributed by atoms with E-state index in [0.29, 0.717) is 17.1 Å². The number of carbonyl (C=O) groups excluding carboxylic acids is 2. The fourth-order valence-corrected chi connectivity index (χ4v) is 5.74. The van der Waals surface area contributed by atoms with Gasteiger partial charge in [0.25, 0.3) is 5.91 Å². The van der Waals surface area contributed by atoms with Gasteiger partial charge in [0.2, 0.25) is 5.91 Å². The van der Waals surface area contributed by atoms with Crippen LogP contribution in [0.3, 0.4) is 0 Å². The van der Waals surface area contributed by atoms with Crippen LogP contribution in [0.15, 0.2) is 64.3 Å². The molecule has 0 saturated carbocycles. The third kappa shape index (κ3) is 4.84. The summed E-state index contributed by atoms with van der Waals surface area (Å²) in [7, 11) is 0. The molecule has 1 aliphatic rings. The molecular weight excluding hydrogens is 458 g/mol. The smallest absolute Gasteiger partial charge is 0.257 e. The molecule has 1 atom stereocenters. The van der Waals surface area contributed by atoms with Gasteiger partial charge in [0.05, 0.1) is 5.69 Å². The van der Waals surface area contributed by atoms with Crippen molar-refractivity contribution in [3.63, 3.8) is 0 Å². The molecule has 2 heterocycles. The van der Waals surface area contributed by atoms with E-state index < -0.39 is 5.91 Å². The molecule has 0 aliphatic carbocycles. The van der Waals surface area contributed by atoms with Crippen LogP contribution in [0.5, 0.6) is 0 Å². The highest BCUT2D eigenvalue weighted by Gasteiger charge is 2.29. The molecule has 0 fully saturated rings. The molecule has 4 rings (SSSR count). The lowest BCUT2D eigenvalue weighted by molar-refractivity contribution is -0.118. The Bertz CT molecular complexity index is 1290. The maximum atomic E-state index is 13.2. The Balaban J connectivity index is 1.83. The number of pyridine rings is 1. The van der Waals surface area contributed by atoms with E-state index in [1.807, 2.05) is 60.0 Å². The lowest BCUT2D eigenvalue weighted by atomic mass is 10.0. The number of hydrogen-bond acceptors (Lipinski definition) is 4. The van der Waals surface area contributed by atoms with Crippen LogP contribution in [0.4, 0.5) is 0 Å². The van der Waals surface area contributed by atoms with Gasteiger partial charge in [-0.2, -0.15) is 0 Å². The zero-order chi connectivity index (χ0) is 23.5. The van der Waals surface area contributed by atoms with E-state index in [9.17, 15) is 14.4 Å². The summed E-state index contributed by atoms with van der Waals surface area (Å²) >= 11 is 8.22. The number of aromatic nitrogens is 1. The molecule has 6 nitrogen and oxygen atoms in total. The van der Waals surface area contributed by atoms with Gasteiger partial charge in [-0.05, 0) is 30.7 Å². The summed E-state index contributed by atoms with van der Waals surface area (Å²) in [5.41, 5.74) is 3.10. The number of fused-ring (bicyclic) bond motifs is 3. The first-order valence-corrected chi connectivity index (χ1v) is 11.9. The largest absolute Gasteiger partial charge is 0.355 e. The number of benzene rings is 2. The predicted molar refractivity (Wildman–Crippen MR) is 132 cm³/mol. The lowest BCUT2D eigenvalue weighted by Gasteiger charge is -2.20. The van der Waals surface area contributed by atoms with Gasteiger partial charge >= 0.3 is 0 Å². The number of rotatable bonds is 5. The minimum atomic E-state index is -0.448. The second kappa shape index (κ2) is 9.85. The first kappa shape index (κ1) is 23.1. The van der Waals surface area contributed by atoms with E-state index >= 15 is 0 Å². The van der Waals surface area contributed by atoms with E-state index in [2.05, 4.69) is 10.6 Å². The Morgan fingerprint density at radius 1 is 1.09 bits per heavy atom. The van der Waals surface area contributed by atoms with E-state index in [0.717, 1.165) is 21.8 Å².